The summed E-state index contributed by atoms with van der Waals surface area (Å²) in [5, 5.41) is 7.39. The molecule has 0 amide bonds. The van der Waals surface area contributed by atoms with Crippen LogP contribution in [0.25, 0.3) is 99.2 Å². The molecule has 0 spiro atoms. The van der Waals surface area contributed by atoms with Gasteiger partial charge in [-0.2, -0.15) is 0 Å². The van der Waals surface area contributed by atoms with Crippen molar-refractivity contribution in [1.82, 2.24) is 9.13 Å². The molecule has 3 aromatic heterocycles. The zero-order chi connectivity index (χ0) is 40.8. The molecule has 0 N–H and O–H groups in total. The fourth-order valence-electron chi connectivity index (χ4n) is 10.4. The highest BCUT2D eigenvalue weighted by atomic mass is 16.3. The second kappa shape index (κ2) is 13.6. The molecule has 0 aliphatic heterocycles. The van der Waals surface area contributed by atoms with E-state index in [-0.39, 0.29) is 5.41 Å². The molecule has 3 heteroatoms. The predicted octanol–water partition coefficient (Wildman–Crippen LogP) is 16.0. The molecule has 292 valence electrons. The molecule has 0 saturated heterocycles. The minimum atomic E-state index is 0.0218. The van der Waals surface area contributed by atoms with E-state index in [1.165, 1.54) is 99.0 Å². The summed E-state index contributed by atoms with van der Waals surface area (Å²) in [6.45, 7) is 6.99. The average molecular weight is 785 g/mol. The molecular formula is C58H44N2O. The molecule has 0 radical (unpaired) electrons. The lowest BCUT2D eigenvalue weighted by Gasteiger charge is -2.17. The highest BCUT2D eigenvalue weighted by molar-refractivity contribution is 6.14. The normalized spacial score (nSPS) is 14.7. The molecule has 12 rings (SSSR count). The van der Waals surface area contributed by atoms with Crippen LogP contribution in [-0.4, -0.2) is 9.13 Å². The van der Waals surface area contributed by atoms with Crippen molar-refractivity contribution in [3.8, 4) is 22.5 Å². The number of benzene rings is 8. The number of aromatic nitrogens is 2. The van der Waals surface area contributed by atoms with Gasteiger partial charge in [0, 0.05) is 49.3 Å². The summed E-state index contributed by atoms with van der Waals surface area (Å²) in [5.74, 6) is 0. The van der Waals surface area contributed by atoms with Gasteiger partial charge in [0.25, 0.3) is 0 Å². The van der Waals surface area contributed by atoms with Gasteiger partial charge in [-0.15, -0.1) is 0 Å². The SMILES string of the molecule is CC/C(=C\C=C1/CC(C)(C)c2ccc3c(oc4ccccc43)c21)c1ccc2c(c1)c1cc(-c3ccc4c(c3)c3ccccc3n4-c3ccccc3)ccc1n2-c1ccccc1. The summed E-state index contributed by atoms with van der Waals surface area (Å²) in [7, 11) is 0. The smallest absolute Gasteiger partial charge is 0.143 e. The van der Waals surface area contributed by atoms with E-state index in [1.54, 1.807) is 0 Å². The zero-order valence-corrected chi connectivity index (χ0v) is 34.6. The van der Waals surface area contributed by atoms with E-state index >= 15 is 0 Å². The molecule has 61 heavy (non-hydrogen) atoms. The van der Waals surface area contributed by atoms with Gasteiger partial charge in [-0.3, -0.25) is 0 Å². The van der Waals surface area contributed by atoms with Crippen molar-refractivity contribution in [1.29, 1.82) is 0 Å². The number of hydrogen-bond donors (Lipinski definition) is 0. The second-order valence-electron chi connectivity index (χ2n) is 17.3. The fourth-order valence-corrected chi connectivity index (χ4v) is 10.4. The topological polar surface area (TPSA) is 23.0 Å². The molecule has 8 aromatic carbocycles. The van der Waals surface area contributed by atoms with E-state index in [0.29, 0.717) is 0 Å². The van der Waals surface area contributed by atoms with Crippen molar-refractivity contribution in [3.05, 3.63) is 205 Å². The Morgan fingerprint density at radius 2 is 1.10 bits per heavy atom. The maximum absolute atomic E-state index is 6.60. The number of allylic oxidation sites excluding steroid dienone is 4. The molecule has 3 heterocycles. The van der Waals surface area contributed by atoms with Crippen LogP contribution in [0.4, 0.5) is 0 Å². The summed E-state index contributed by atoms with van der Waals surface area (Å²) in [5.41, 5.74) is 18.1. The lowest BCUT2D eigenvalue weighted by molar-refractivity contribution is 0.563. The van der Waals surface area contributed by atoms with Gasteiger partial charge in [0.2, 0.25) is 0 Å². The van der Waals surface area contributed by atoms with Gasteiger partial charge < -0.3 is 13.6 Å². The summed E-state index contributed by atoms with van der Waals surface area (Å²) < 4.78 is 11.4. The second-order valence-corrected chi connectivity index (χ2v) is 17.3. The van der Waals surface area contributed by atoms with Gasteiger partial charge in [0.05, 0.1) is 22.1 Å². The number of furan rings is 1. The number of para-hydroxylation sites is 4. The van der Waals surface area contributed by atoms with Gasteiger partial charge >= 0.3 is 0 Å². The van der Waals surface area contributed by atoms with Crippen LogP contribution in [0.2, 0.25) is 0 Å². The van der Waals surface area contributed by atoms with E-state index in [1.807, 2.05) is 0 Å². The van der Waals surface area contributed by atoms with E-state index in [4.69, 9.17) is 4.42 Å². The van der Waals surface area contributed by atoms with Gasteiger partial charge in [-0.25, -0.2) is 0 Å². The maximum Gasteiger partial charge on any atom is 0.143 e. The van der Waals surface area contributed by atoms with Crippen LogP contribution in [0.1, 0.15) is 50.3 Å². The largest absolute Gasteiger partial charge is 0.455 e. The first-order chi connectivity index (χ1) is 29.9. The molecule has 0 unspecified atom stereocenters. The molecule has 0 atom stereocenters. The third kappa shape index (κ3) is 5.50. The monoisotopic (exact) mass is 784 g/mol. The number of nitrogens with zero attached hydrogens (tertiary/aromatic N) is 2. The quantitative estimate of drug-likeness (QED) is 0.165. The number of hydrogen-bond acceptors (Lipinski definition) is 1. The predicted molar refractivity (Wildman–Crippen MR) is 258 cm³/mol. The Kier molecular flexibility index (Phi) is 7.92. The third-order valence-corrected chi connectivity index (χ3v) is 13.3. The van der Waals surface area contributed by atoms with Crippen molar-refractivity contribution in [2.75, 3.05) is 0 Å². The van der Waals surface area contributed by atoms with Gasteiger partial charge in [-0.1, -0.05) is 136 Å². The van der Waals surface area contributed by atoms with Crippen molar-refractivity contribution >= 4 is 76.7 Å². The number of rotatable bonds is 6. The number of fused-ring (bicyclic) bond motifs is 11. The highest BCUT2D eigenvalue weighted by Gasteiger charge is 2.35. The summed E-state index contributed by atoms with van der Waals surface area (Å²) in [4.78, 5) is 0. The van der Waals surface area contributed by atoms with Crippen molar-refractivity contribution in [3.63, 3.8) is 0 Å². The maximum atomic E-state index is 6.60. The lowest BCUT2D eigenvalue weighted by atomic mass is 9.86. The van der Waals surface area contributed by atoms with E-state index in [0.717, 1.165) is 29.7 Å². The Morgan fingerprint density at radius 3 is 1.77 bits per heavy atom. The summed E-state index contributed by atoms with van der Waals surface area (Å²) in [6.07, 6.45) is 6.63. The molecule has 0 bridgehead atoms. The highest BCUT2D eigenvalue weighted by Crippen LogP contribution is 2.50. The van der Waals surface area contributed by atoms with Crippen LogP contribution >= 0.6 is 0 Å². The first-order valence-electron chi connectivity index (χ1n) is 21.5. The minimum absolute atomic E-state index is 0.0218. The molecule has 0 fully saturated rings. The zero-order valence-electron chi connectivity index (χ0n) is 34.6. The van der Waals surface area contributed by atoms with Crippen LogP contribution in [0, 0.1) is 0 Å². The van der Waals surface area contributed by atoms with Gasteiger partial charge in [-0.05, 0) is 124 Å². The van der Waals surface area contributed by atoms with Crippen LogP contribution in [0.5, 0.6) is 0 Å². The molecule has 11 aromatic rings. The summed E-state index contributed by atoms with van der Waals surface area (Å²) in [6, 6.07) is 64.3. The first-order valence-corrected chi connectivity index (χ1v) is 21.5. The van der Waals surface area contributed by atoms with E-state index < -0.39 is 0 Å². The average Bonchev–Trinajstić information content (AvgIpc) is 4.02. The summed E-state index contributed by atoms with van der Waals surface area (Å²) >= 11 is 0. The van der Waals surface area contributed by atoms with Crippen LogP contribution in [0.15, 0.2) is 192 Å². The van der Waals surface area contributed by atoms with Gasteiger partial charge in [0.1, 0.15) is 11.2 Å². The van der Waals surface area contributed by atoms with Crippen molar-refractivity contribution in [2.45, 2.75) is 39.0 Å². The third-order valence-electron chi connectivity index (χ3n) is 13.3. The Balaban J connectivity index is 1.01. The molecule has 1 aliphatic rings. The van der Waals surface area contributed by atoms with Crippen LogP contribution in [0.3, 0.4) is 0 Å². The Bertz CT molecular complexity index is 3610. The minimum Gasteiger partial charge on any atom is -0.455 e. The van der Waals surface area contributed by atoms with Crippen LogP contribution in [-0.2, 0) is 5.41 Å². The van der Waals surface area contributed by atoms with Crippen molar-refractivity contribution in [2.24, 2.45) is 0 Å². The van der Waals surface area contributed by atoms with Crippen LogP contribution < -0.4 is 0 Å². The Labute approximate surface area is 355 Å². The Hall–Kier alpha value is -7.36. The first kappa shape index (κ1) is 35.6. The Morgan fingerprint density at radius 1 is 0.541 bits per heavy atom. The van der Waals surface area contributed by atoms with E-state index in [9.17, 15) is 0 Å². The molecule has 1 aliphatic carbocycles. The standard InChI is InChI=1S/C58H44N2O/c1-4-37(23-24-41-36-58(2,3)50-29-28-46-45-20-12-14-22-55(45)61-57(46)56(41)50)38-25-30-53-48(33-38)49-35-40(27-32-54(49)60(53)43-17-9-6-10-18-43)39-26-31-52-47(34-39)44-19-11-13-21-51(44)59(52)42-15-7-5-8-16-42/h5-35H,4,36H2,1-3H3/b37-23+,41-24+. The lowest BCUT2D eigenvalue weighted by Crippen LogP contribution is -2.11. The van der Waals surface area contributed by atoms with E-state index in [2.05, 4.69) is 218 Å². The molecular weight excluding hydrogens is 741 g/mol. The molecule has 3 nitrogen and oxygen atoms in total. The van der Waals surface area contributed by atoms with Gasteiger partial charge in [0.15, 0.2) is 0 Å². The molecule has 0 saturated carbocycles. The fraction of sp³-hybridized carbons (Fsp3) is 0.103. The van der Waals surface area contributed by atoms with Crippen molar-refractivity contribution < 1.29 is 4.42 Å².